The number of nitrogens with zero attached hydrogens (tertiary/aromatic N) is 1. The van der Waals surface area contributed by atoms with E-state index < -0.39 is 5.91 Å². The van der Waals surface area contributed by atoms with Crippen molar-refractivity contribution in [3.8, 4) is 17.6 Å². The zero-order chi connectivity index (χ0) is 18.4. The van der Waals surface area contributed by atoms with Crippen LogP contribution in [-0.2, 0) is 11.2 Å². The van der Waals surface area contributed by atoms with Gasteiger partial charge in [-0.3, -0.25) is 4.79 Å². The molecule has 3 N–H and O–H groups in total. The largest absolute Gasteiger partial charge is 0.504 e. The number of amides is 1. The van der Waals surface area contributed by atoms with E-state index >= 15 is 0 Å². The van der Waals surface area contributed by atoms with Crippen molar-refractivity contribution < 1.29 is 15.0 Å². The molecule has 0 radical (unpaired) electrons. The highest BCUT2D eigenvalue weighted by molar-refractivity contribution is 6.01. The van der Waals surface area contributed by atoms with Gasteiger partial charge in [-0.1, -0.05) is 35.9 Å². The van der Waals surface area contributed by atoms with Crippen LogP contribution in [0.3, 0.4) is 0 Å². The maximum absolute atomic E-state index is 12.3. The number of phenols is 2. The first-order valence-electron chi connectivity index (χ1n) is 7.89. The molecule has 0 saturated carbocycles. The highest BCUT2D eigenvalue weighted by atomic mass is 16.3. The normalized spacial score (nSPS) is 12.3. The minimum absolute atomic E-state index is 0.0683. The fourth-order valence-electron chi connectivity index (χ4n) is 2.49. The lowest BCUT2D eigenvalue weighted by atomic mass is 10.0. The van der Waals surface area contributed by atoms with Gasteiger partial charge in [0.15, 0.2) is 11.5 Å². The van der Waals surface area contributed by atoms with Crippen molar-refractivity contribution in [2.24, 2.45) is 0 Å². The SMILES string of the molecule is Cc1cccc(CC(C)NC(=O)/C(C#N)=C/c2ccc(O)c(O)c2)c1. The molecule has 1 unspecified atom stereocenters. The number of hydrogen-bond donors (Lipinski definition) is 3. The van der Waals surface area contributed by atoms with Crippen LogP contribution in [0.25, 0.3) is 6.08 Å². The Bertz CT molecular complexity index is 850. The molecule has 0 fully saturated rings. The number of hydrogen-bond acceptors (Lipinski definition) is 4. The second-order valence-electron chi connectivity index (χ2n) is 5.99. The zero-order valence-electron chi connectivity index (χ0n) is 14.2. The van der Waals surface area contributed by atoms with Crippen LogP contribution in [0.5, 0.6) is 11.5 Å². The van der Waals surface area contributed by atoms with Gasteiger partial charge in [0.2, 0.25) is 0 Å². The average molecular weight is 336 g/mol. The molecule has 1 amide bonds. The summed E-state index contributed by atoms with van der Waals surface area (Å²) in [4.78, 5) is 12.3. The summed E-state index contributed by atoms with van der Waals surface area (Å²) in [5, 5.41) is 30.8. The molecule has 0 bridgehead atoms. The molecule has 0 saturated heterocycles. The molecule has 2 aromatic carbocycles. The second kappa shape index (κ2) is 8.02. The summed E-state index contributed by atoms with van der Waals surface area (Å²) < 4.78 is 0. The highest BCUT2D eigenvalue weighted by Crippen LogP contribution is 2.25. The smallest absolute Gasteiger partial charge is 0.262 e. The Balaban J connectivity index is 2.07. The first-order valence-corrected chi connectivity index (χ1v) is 7.89. The van der Waals surface area contributed by atoms with Crippen LogP contribution in [0.4, 0.5) is 0 Å². The lowest BCUT2D eigenvalue weighted by molar-refractivity contribution is -0.117. The number of rotatable bonds is 5. The van der Waals surface area contributed by atoms with E-state index in [4.69, 9.17) is 0 Å². The summed E-state index contributed by atoms with van der Waals surface area (Å²) in [5.74, 6) is -1.04. The van der Waals surface area contributed by atoms with E-state index in [0.717, 1.165) is 11.1 Å². The molecule has 0 heterocycles. The number of nitriles is 1. The maximum atomic E-state index is 12.3. The molecule has 1 atom stereocenters. The molecule has 0 spiro atoms. The van der Waals surface area contributed by atoms with Crippen molar-refractivity contribution in [2.75, 3.05) is 0 Å². The third-order valence-electron chi connectivity index (χ3n) is 3.68. The summed E-state index contributed by atoms with van der Waals surface area (Å²) in [6.07, 6.45) is 2.03. The van der Waals surface area contributed by atoms with Crippen LogP contribution in [0.1, 0.15) is 23.6 Å². The number of aromatic hydroxyl groups is 2. The van der Waals surface area contributed by atoms with Crippen molar-refractivity contribution in [3.05, 3.63) is 64.7 Å². The quantitative estimate of drug-likeness (QED) is 0.444. The Morgan fingerprint density at radius 1 is 1.24 bits per heavy atom. The third kappa shape index (κ3) is 5.11. The molecule has 5 nitrogen and oxygen atoms in total. The number of phenolic OH excluding ortho intramolecular Hbond substituents is 2. The Kier molecular flexibility index (Phi) is 5.80. The van der Waals surface area contributed by atoms with Crippen molar-refractivity contribution >= 4 is 12.0 Å². The molecule has 25 heavy (non-hydrogen) atoms. The van der Waals surface area contributed by atoms with Crippen LogP contribution in [0, 0.1) is 18.3 Å². The number of aryl methyl sites for hydroxylation is 1. The average Bonchev–Trinajstić information content (AvgIpc) is 2.55. The Morgan fingerprint density at radius 3 is 2.64 bits per heavy atom. The molecule has 128 valence electrons. The van der Waals surface area contributed by atoms with Crippen LogP contribution in [0.15, 0.2) is 48.0 Å². The van der Waals surface area contributed by atoms with Crippen LogP contribution >= 0.6 is 0 Å². The standard InChI is InChI=1S/C20H20N2O3/c1-13-4-3-5-15(8-13)9-14(2)22-20(25)17(12-21)10-16-6-7-18(23)19(24)11-16/h3-8,10-11,14,23-24H,9H2,1-2H3,(H,22,25)/b17-10+. The van der Waals surface area contributed by atoms with Gasteiger partial charge in [0, 0.05) is 6.04 Å². The Hall–Kier alpha value is -3.26. The zero-order valence-corrected chi connectivity index (χ0v) is 14.2. The van der Waals surface area contributed by atoms with E-state index in [-0.39, 0.29) is 23.1 Å². The molecule has 0 aromatic heterocycles. The minimum Gasteiger partial charge on any atom is -0.504 e. The molecular weight excluding hydrogens is 316 g/mol. The molecular formula is C20H20N2O3. The third-order valence-corrected chi connectivity index (χ3v) is 3.68. The molecule has 0 aliphatic heterocycles. The van der Waals surface area contributed by atoms with E-state index in [9.17, 15) is 20.3 Å². The van der Waals surface area contributed by atoms with Crippen molar-refractivity contribution in [1.82, 2.24) is 5.32 Å². The summed E-state index contributed by atoms with van der Waals surface area (Å²) in [7, 11) is 0. The molecule has 2 aromatic rings. The number of carbonyl (C=O) groups excluding carboxylic acids is 1. The van der Waals surface area contributed by atoms with E-state index in [2.05, 4.69) is 11.4 Å². The summed E-state index contributed by atoms with van der Waals surface area (Å²) in [6, 6.07) is 13.9. The van der Waals surface area contributed by atoms with Gasteiger partial charge in [0.1, 0.15) is 11.6 Å². The number of carbonyl (C=O) groups is 1. The number of benzene rings is 2. The van der Waals surface area contributed by atoms with Crippen LogP contribution < -0.4 is 5.32 Å². The Morgan fingerprint density at radius 2 is 2.00 bits per heavy atom. The van der Waals surface area contributed by atoms with Crippen LogP contribution in [0.2, 0.25) is 0 Å². The predicted molar refractivity (Wildman–Crippen MR) is 95.8 cm³/mol. The first kappa shape index (κ1) is 18.1. The minimum atomic E-state index is -0.477. The fraction of sp³-hybridized carbons (Fsp3) is 0.200. The molecule has 0 aliphatic carbocycles. The van der Waals surface area contributed by atoms with E-state index in [1.807, 2.05) is 38.1 Å². The molecule has 2 rings (SSSR count). The van der Waals surface area contributed by atoms with Gasteiger partial charge >= 0.3 is 0 Å². The van der Waals surface area contributed by atoms with Crippen molar-refractivity contribution in [1.29, 1.82) is 5.26 Å². The van der Waals surface area contributed by atoms with Crippen LogP contribution in [-0.4, -0.2) is 22.2 Å². The van der Waals surface area contributed by atoms with Crippen molar-refractivity contribution in [2.45, 2.75) is 26.3 Å². The highest BCUT2D eigenvalue weighted by Gasteiger charge is 2.13. The first-order chi connectivity index (χ1) is 11.9. The van der Waals surface area contributed by atoms with Gasteiger partial charge in [0.05, 0.1) is 0 Å². The second-order valence-corrected chi connectivity index (χ2v) is 5.99. The number of nitrogens with one attached hydrogen (secondary N) is 1. The summed E-state index contributed by atoms with van der Waals surface area (Å²) >= 11 is 0. The van der Waals surface area contributed by atoms with Gasteiger partial charge < -0.3 is 15.5 Å². The summed E-state index contributed by atoms with van der Waals surface area (Å²) in [6.45, 7) is 3.89. The van der Waals surface area contributed by atoms with Gasteiger partial charge in [-0.2, -0.15) is 5.26 Å². The van der Waals surface area contributed by atoms with E-state index in [0.29, 0.717) is 12.0 Å². The summed E-state index contributed by atoms with van der Waals surface area (Å²) in [5.41, 5.74) is 2.65. The van der Waals surface area contributed by atoms with E-state index in [1.54, 1.807) is 0 Å². The lowest BCUT2D eigenvalue weighted by Gasteiger charge is -2.14. The maximum Gasteiger partial charge on any atom is 0.262 e. The predicted octanol–water partition coefficient (Wildman–Crippen LogP) is 3.06. The monoisotopic (exact) mass is 336 g/mol. The van der Waals surface area contributed by atoms with Crippen molar-refractivity contribution in [3.63, 3.8) is 0 Å². The Labute approximate surface area is 146 Å². The van der Waals surface area contributed by atoms with E-state index in [1.165, 1.54) is 24.3 Å². The topological polar surface area (TPSA) is 93.4 Å². The van der Waals surface area contributed by atoms with Gasteiger partial charge in [-0.05, 0) is 49.6 Å². The van der Waals surface area contributed by atoms with Gasteiger partial charge in [0.25, 0.3) is 5.91 Å². The van der Waals surface area contributed by atoms with Gasteiger partial charge in [-0.15, -0.1) is 0 Å². The molecule has 0 aliphatic rings. The fourth-order valence-corrected chi connectivity index (χ4v) is 2.49. The van der Waals surface area contributed by atoms with Gasteiger partial charge in [-0.25, -0.2) is 0 Å². The lowest BCUT2D eigenvalue weighted by Crippen LogP contribution is -2.34. The molecule has 5 heteroatoms.